The maximum atomic E-state index is 11.6. The number of hydrogen-bond acceptors (Lipinski definition) is 3. The fourth-order valence-electron chi connectivity index (χ4n) is 0.500. The van der Waals surface area contributed by atoms with Gasteiger partial charge >= 0.3 is 15.6 Å². The van der Waals surface area contributed by atoms with Gasteiger partial charge in [-0.3, -0.25) is 4.18 Å². The number of unbranched alkanes of at least 4 members (excludes halogenated alkanes) is 1. The van der Waals surface area contributed by atoms with Crippen LogP contribution < -0.4 is 0 Å². The highest BCUT2D eigenvalue weighted by molar-refractivity contribution is 7.87. The standard InChI is InChI=1S/C6H8F4O3S/c7-4-2-1-3-5-13-14(11,12)6(8,9)10/h2,4H,1,3,5H2. The van der Waals surface area contributed by atoms with Crippen LogP contribution in [0.5, 0.6) is 0 Å². The first kappa shape index (κ1) is 13.4. The number of alkyl halides is 3. The van der Waals surface area contributed by atoms with Crippen molar-refractivity contribution < 1.29 is 30.2 Å². The number of halogens is 4. The van der Waals surface area contributed by atoms with Gasteiger partial charge in [-0.2, -0.15) is 21.6 Å². The van der Waals surface area contributed by atoms with Crippen molar-refractivity contribution in [2.45, 2.75) is 18.3 Å². The monoisotopic (exact) mass is 236 g/mol. The van der Waals surface area contributed by atoms with Crippen molar-refractivity contribution in [1.82, 2.24) is 0 Å². The van der Waals surface area contributed by atoms with Crippen LogP contribution in [0.2, 0.25) is 0 Å². The minimum absolute atomic E-state index is 0.00424. The van der Waals surface area contributed by atoms with Gasteiger partial charge in [-0.05, 0) is 12.8 Å². The first-order valence-corrected chi connectivity index (χ1v) is 4.93. The summed E-state index contributed by atoms with van der Waals surface area (Å²) in [6, 6.07) is 0. The van der Waals surface area contributed by atoms with Crippen LogP contribution in [0.3, 0.4) is 0 Å². The maximum absolute atomic E-state index is 11.6. The lowest BCUT2D eigenvalue weighted by Crippen LogP contribution is -2.25. The van der Waals surface area contributed by atoms with Gasteiger partial charge in [0.05, 0.1) is 12.9 Å². The largest absolute Gasteiger partial charge is 0.523 e. The summed E-state index contributed by atoms with van der Waals surface area (Å²) in [6.45, 7) is -0.619. The zero-order valence-corrected chi connectivity index (χ0v) is 7.74. The summed E-state index contributed by atoms with van der Waals surface area (Å²) >= 11 is 0. The molecule has 0 rings (SSSR count). The molecule has 0 aliphatic rings. The molecule has 0 aromatic carbocycles. The molecule has 8 heteroatoms. The molecule has 0 unspecified atom stereocenters. The Morgan fingerprint density at radius 1 is 1.29 bits per heavy atom. The second kappa shape index (κ2) is 5.30. The molecule has 0 amide bonds. The van der Waals surface area contributed by atoms with E-state index in [0.717, 1.165) is 6.08 Å². The zero-order valence-electron chi connectivity index (χ0n) is 6.92. The van der Waals surface area contributed by atoms with Gasteiger partial charge in [0.1, 0.15) is 0 Å². The quantitative estimate of drug-likeness (QED) is 0.318. The van der Waals surface area contributed by atoms with Crippen molar-refractivity contribution >= 4 is 10.1 Å². The van der Waals surface area contributed by atoms with Gasteiger partial charge in [0.25, 0.3) is 0 Å². The lowest BCUT2D eigenvalue weighted by Gasteiger charge is -2.07. The smallest absolute Gasteiger partial charge is 0.263 e. The van der Waals surface area contributed by atoms with Crippen LogP contribution in [-0.4, -0.2) is 20.5 Å². The molecule has 14 heavy (non-hydrogen) atoms. The zero-order chi connectivity index (χ0) is 11.2. The maximum Gasteiger partial charge on any atom is 0.523 e. The van der Waals surface area contributed by atoms with Crippen LogP contribution in [0.1, 0.15) is 12.8 Å². The molecular formula is C6H8F4O3S. The summed E-state index contributed by atoms with van der Waals surface area (Å²) in [7, 11) is -5.50. The third kappa shape index (κ3) is 4.56. The molecule has 0 fully saturated rings. The highest BCUT2D eigenvalue weighted by Crippen LogP contribution is 2.24. The predicted octanol–water partition coefficient (Wildman–Crippen LogP) is 2.12. The predicted molar refractivity (Wildman–Crippen MR) is 40.4 cm³/mol. The second-order valence-corrected chi connectivity index (χ2v) is 3.83. The van der Waals surface area contributed by atoms with E-state index < -0.39 is 22.2 Å². The molecule has 0 atom stereocenters. The van der Waals surface area contributed by atoms with E-state index in [2.05, 4.69) is 4.18 Å². The Kier molecular flexibility index (Phi) is 5.06. The fraction of sp³-hybridized carbons (Fsp3) is 0.667. The minimum Gasteiger partial charge on any atom is -0.263 e. The van der Waals surface area contributed by atoms with Crippen molar-refractivity contribution in [1.29, 1.82) is 0 Å². The van der Waals surface area contributed by atoms with Crippen LogP contribution in [0, 0.1) is 0 Å². The average Bonchev–Trinajstić information content (AvgIpc) is 2.02. The highest BCUT2D eigenvalue weighted by Gasteiger charge is 2.47. The normalized spacial score (nSPS) is 13.7. The number of hydrogen-bond donors (Lipinski definition) is 0. The highest BCUT2D eigenvalue weighted by atomic mass is 32.2. The Morgan fingerprint density at radius 3 is 2.29 bits per heavy atom. The van der Waals surface area contributed by atoms with Gasteiger partial charge in [0, 0.05) is 0 Å². The Labute approximate surface area is 78.5 Å². The third-order valence-corrected chi connectivity index (χ3v) is 2.17. The molecule has 0 bridgehead atoms. The van der Waals surface area contributed by atoms with Gasteiger partial charge in [0.15, 0.2) is 0 Å². The van der Waals surface area contributed by atoms with Crippen LogP contribution >= 0.6 is 0 Å². The van der Waals surface area contributed by atoms with Crippen molar-refractivity contribution in [3.8, 4) is 0 Å². The molecule has 0 aliphatic carbocycles. The summed E-state index contributed by atoms with van der Waals surface area (Å²) in [5.74, 6) is 0. The molecule has 0 aromatic heterocycles. The average molecular weight is 236 g/mol. The van der Waals surface area contributed by atoms with Crippen molar-refractivity contribution in [3.63, 3.8) is 0 Å². The van der Waals surface area contributed by atoms with E-state index >= 15 is 0 Å². The molecule has 0 saturated heterocycles. The minimum atomic E-state index is -5.50. The van der Waals surface area contributed by atoms with Gasteiger partial charge < -0.3 is 0 Å². The molecule has 0 saturated carbocycles. The van der Waals surface area contributed by atoms with Gasteiger partial charge in [-0.1, -0.05) is 6.08 Å². The lowest BCUT2D eigenvalue weighted by atomic mass is 10.3. The molecule has 0 N–H and O–H groups in total. The summed E-state index contributed by atoms with van der Waals surface area (Å²) in [6.07, 6.45) is 1.38. The van der Waals surface area contributed by atoms with Crippen molar-refractivity contribution in [2.75, 3.05) is 6.61 Å². The lowest BCUT2D eigenvalue weighted by molar-refractivity contribution is -0.0542. The molecule has 0 radical (unpaired) electrons. The first-order valence-electron chi connectivity index (χ1n) is 3.52. The van der Waals surface area contributed by atoms with E-state index in [0.29, 0.717) is 0 Å². The van der Waals surface area contributed by atoms with Crippen molar-refractivity contribution in [2.24, 2.45) is 0 Å². The van der Waals surface area contributed by atoms with Gasteiger partial charge in [-0.25, -0.2) is 4.39 Å². The van der Waals surface area contributed by atoms with E-state index in [-0.39, 0.29) is 19.2 Å². The molecular weight excluding hydrogens is 228 g/mol. The number of rotatable bonds is 5. The molecule has 0 heterocycles. The Balaban J connectivity index is 3.91. The summed E-state index contributed by atoms with van der Waals surface area (Å²) in [5, 5.41) is 0. The summed E-state index contributed by atoms with van der Waals surface area (Å²) in [4.78, 5) is 0. The van der Waals surface area contributed by atoms with Crippen LogP contribution in [0.4, 0.5) is 17.6 Å². The third-order valence-electron chi connectivity index (χ3n) is 1.13. The molecule has 3 nitrogen and oxygen atoms in total. The van der Waals surface area contributed by atoms with E-state index in [4.69, 9.17) is 0 Å². The van der Waals surface area contributed by atoms with Gasteiger partial charge in [-0.15, -0.1) is 0 Å². The van der Waals surface area contributed by atoms with Gasteiger partial charge in [0.2, 0.25) is 0 Å². The summed E-state index contributed by atoms with van der Waals surface area (Å²) < 4.78 is 70.3. The van der Waals surface area contributed by atoms with E-state index in [1.165, 1.54) is 0 Å². The summed E-state index contributed by atoms with van der Waals surface area (Å²) in [5.41, 5.74) is -5.40. The first-order chi connectivity index (χ1) is 6.31. The molecule has 0 spiro atoms. The second-order valence-electron chi connectivity index (χ2n) is 2.23. The molecule has 0 aromatic rings. The van der Waals surface area contributed by atoms with E-state index in [1.54, 1.807) is 0 Å². The van der Waals surface area contributed by atoms with Crippen LogP contribution in [-0.2, 0) is 14.3 Å². The van der Waals surface area contributed by atoms with Crippen LogP contribution in [0.15, 0.2) is 12.4 Å². The number of allylic oxidation sites excluding steroid dienone is 1. The van der Waals surface area contributed by atoms with E-state index in [9.17, 15) is 26.0 Å². The topological polar surface area (TPSA) is 43.4 Å². The van der Waals surface area contributed by atoms with Crippen molar-refractivity contribution in [3.05, 3.63) is 12.4 Å². The molecule has 84 valence electrons. The van der Waals surface area contributed by atoms with E-state index in [1.807, 2.05) is 0 Å². The Bertz CT molecular complexity index is 280. The molecule has 0 aliphatic heterocycles. The Morgan fingerprint density at radius 2 is 1.86 bits per heavy atom. The van der Waals surface area contributed by atoms with Crippen LogP contribution in [0.25, 0.3) is 0 Å². The Hall–Kier alpha value is -0.630. The fourth-order valence-corrected chi connectivity index (χ4v) is 0.971. The SMILES string of the molecule is O=S(=O)(OCCCC=CF)C(F)(F)F.